The van der Waals surface area contributed by atoms with Crippen molar-refractivity contribution >= 4 is 11.2 Å². The summed E-state index contributed by atoms with van der Waals surface area (Å²) in [6.07, 6.45) is 4.96. The lowest BCUT2D eigenvalue weighted by atomic mass is 10.1. The van der Waals surface area contributed by atoms with E-state index >= 15 is 0 Å². The van der Waals surface area contributed by atoms with Gasteiger partial charge in [0.1, 0.15) is 12.1 Å². The predicted octanol–water partition coefficient (Wildman–Crippen LogP) is 1.52. The highest BCUT2D eigenvalue weighted by molar-refractivity contribution is 5.69. The van der Waals surface area contributed by atoms with Gasteiger partial charge in [0.15, 0.2) is 11.2 Å². The average Bonchev–Trinajstić information content (AvgIpc) is 2.72. The Morgan fingerprint density at radius 2 is 2.33 bits per heavy atom. The minimum Gasteiger partial charge on any atom is -0.355 e. The van der Waals surface area contributed by atoms with Crippen molar-refractivity contribution in [3.63, 3.8) is 0 Å². The number of nitrogens with one attached hydrogen (secondary N) is 1. The summed E-state index contributed by atoms with van der Waals surface area (Å²) in [5.74, 6) is 0.595. The van der Waals surface area contributed by atoms with Gasteiger partial charge in [-0.3, -0.25) is 9.36 Å². The molecule has 1 fully saturated rings. The van der Waals surface area contributed by atoms with Crippen molar-refractivity contribution in [3.8, 4) is 0 Å². The minimum absolute atomic E-state index is 0.0625. The van der Waals surface area contributed by atoms with Gasteiger partial charge in [-0.15, -0.1) is 0 Å². The van der Waals surface area contributed by atoms with Crippen LogP contribution in [0.4, 0.5) is 0 Å². The van der Waals surface area contributed by atoms with Crippen LogP contribution in [-0.4, -0.2) is 25.6 Å². The van der Waals surface area contributed by atoms with E-state index in [2.05, 4.69) is 21.9 Å². The van der Waals surface area contributed by atoms with Crippen LogP contribution in [0, 0.1) is 6.92 Å². The zero-order valence-electron chi connectivity index (χ0n) is 10.5. The van der Waals surface area contributed by atoms with Crippen LogP contribution in [0.2, 0.25) is 0 Å². The first-order valence-corrected chi connectivity index (χ1v) is 6.24. The van der Waals surface area contributed by atoms with Crippen LogP contribution in [-0.2, 0) is 4.74 Å². The Labute approximate surface area is 104 Å². The third-order valence-electron chi connectivity index (χ3n) is 3.31. The Balaban J connectivity index is 2.09. The van der Waals surface area contributed by atoms with Gasteiger partial charge in [0.2, 0.25) is 0 Å². The molecule has 0 amide bonds. The Morgan fingerprint density at radius 1 is 1.50 bits per heavy atom. The lowest BCUT2D eigenvalue weighted by molar-refractivity contribution is -0.0788. The standard InChI is InChI=1S/C12H16N4O2/c1-7-4-3-5-9(18-7)16-6-13-10-11(16)14-8(2)15-12(10)17/h6-7,9H,3-5H2,1-2H3,(H,14,15,17). The maximum absolute atomic E-state index is 11.7. The number of rotatable bonds is 1. The summed E-state index contributed by atoms with van der Waals surface area (Å²) in [6.45, 7) is 3.83. The Bertz CT molecular complexity index is 631. The number of nitrogens with zero attached hydrogens (tertiary/aromatic N) is 3. The van der Waals surface area contributed by atoms with Crippen LogP contribution in [0.15, 0.2) is 11.1 Å². The molecule has 3 rings (SSSR count). The highest BCUT2D eigenvalue weighted by Crippen LogP contribution is 2.28. The van der Waals surface area contributed by atoms with E-state index in [9.17, 15) is 4.79 Å². The molecule has 2 aromatic rings. The number of hydrogen-bond acceptors (Lipinski definition) is 4. The first-order chi connectivity index (χ1) is 8.65. The molecule has 0 saturated carbocycles. The first kappa shape index (κ1) is 11.4. The van der Waals surface area contributed by atoms with Crippen LogP contribution in [0.5, 0.6) is 0 Å². The third-order valence-corrected chi connectivity index (χ3v) is 3.31. The summed E-state index contributed by atoms with van der Waals surface area (Å²) in [7, 11) is 0. The lowest BCUT2D eigenvalue weighted by Crippen LogP contribution is -2.24. The third kappa shape index (κ3) is 1.82. The molecule has 2 unspecified atom stereocenters. The van der Waals surface area contributed by atoms with E-state index < -0.39 is 0 Å². The summed E-state index contributed by atoms with van der Waals surface area (Å²) in [5, 5.41) is 0. The van der Waals surface area contributed by atoms with Crippen molar-refractivity contribution in [3.05, 3.63) is 22.5 Å². The van der Waals surface area contributed by atoms with Crippen molar-refractivity contribution in [2.75, 3.05) is 0 Å². The molecule has 0 spiro atoms. The fraction of sp³-hybridized carbons (Fsp3) is 0.583. The summed E-state index contributed by atoms with van der Waals surface area (Å²) in [5.41, 5.74) is 0.790. The molecule has 18 heavy (non-hydrogen) atoms. The van der Waals surface area contributed by atoms with Crippen LogP contribution in [0.3, 0.4) is 0 Å². The van der Waals surface area contributed by atoms with Gasteiger partial charge in [-0.05, 0) is 33.1 Å². The molecule has 1 aliphatic heterocycles. The number of ether oxygens (including phenoxy) is 1. The number of aryl methyl sites for hydroxylation is 1. The number of aromatic amines is 1. The van der Waals surface area contributed by atoms with E-state index in [1.54, 1.807) is 13.3 Å². The largest absolute Gasteiger partial charge is 0.355 e. The average molecular weight is 248 g/mol. The van der Waals surface area contributed by atoms with Gasteiger partial charge in [-0.1, -0.05) is 0 Å². The summed E-state index contributed by atoms with van der Waals surface area (Å²) in [4.78, 5) is 22.9. The second kappa shape index (κ2) is 4.20. The van der Waals surface area contributed by atoms with Gasteiger partial charge in [0.05, 0.1) is 12.4 Å². The minimum atomic E-state index is -0.194. The monoisotopic (exact) mass is 248 g/mol. The molecule has 0 radical (unpaired) electrons. The van der Waals surface area contributed by atoms with Crippen molar-refractivity contribution in [1.29, 1.82) is 0 Å². The molecule has 2 atom stereocenters. The molecule has 0 aromatic carbocycles. The van der Waals surface area contributed by atoms with Gasteiger partial charge in [0, 0.05) is 0 Å². The van der Waals surface area contributed by atoms with Crippen molar-refractivity contribution in [2.24, 2.45) is 0 Å². The van der Waals surface area contributed by atoms with Gasteiger partial charge >= 0.3 is 0 Å². The van der Waals surface area contributed by atoms with E-state index in [0.717, 1.165) is 19.3 Å². The SMILES string of the molecule is Cc1nc2c(ncn2C2CCCC(C)O2)c(=O)[nH]1. The Kier molecular flexibility index (Phi) is 2.66. The lowest BCUT2D eigenvalue weighted by Gasteiger charge is -2.28. The van der Waals surface area contributed by atoms with Crippen LogP contribution in [0.25, 0.3) is 11.2 Å². The zero-order valence-corrected chi connectivity index (χ0v) is 10.5. The molecule has 0 bridgehead atoms. The van der Waals surface area contributed by atoms with Gasteiger partial charge in [0.25, 0.3) is 5.56 Å². The Hall–Kier alpha value is -1.69. The molecule has 1 aliphatic rings. The number of aromatic nitrogens is 4. The van der Waals surface area contributed by atoms with E-state index in [0.29, 0.717) is 17.0 Å². The van der Waals surface area contributed by atoms with E-state index in [1.807, 2.05) is 4.57 Å². The molecule has 2 aromatic heterocycles. The quantitative estimate of drug-likeness (QED) is 0.830. The fourth-order valence-electron chi connectivity index (χ4n) is 2.44. The molecule has 1 saturated heterocycles. The number of imidazole rings is 1. The summed E-state index contributed by atoms with van der Waals surface area (Å²) >= 11 is 0. The summed E-state index contributed by atoms with van der Waals surface area (Å²) in [6, 6.07) is 0. The summed E-state index contributed by atoms with van der Waals surface area (Å²) < 4.78 is 7.76. The van der Waals surface area contributed by atoms with Crippen molar-refractivity contribution in [2.45, 2.75) is 45.4 Å². The molecule has 96 valence electrons. The molecule has 6 heteroatoms. The van der Waals surface area contributed by atoms with Crippen molar-refractivity contribution in [1.82, 2.24) is 19.5 Å². The zero-order chi connectivity index (χ0) is 12.7. The van der Waals surface area contributed by atoms with E-state index in [-0.39, 0.29) is 17.9 Å². The van der Waals surface area contributed by atoms with Gasteiger partial charge in [-0.25, -0.2) is 9.97 Å². The molecule has 1 N–H and O–H groups in total. The second-order valence-corrected chi connectivity index (χ2v) is 4.81. The topological polar surface area (TPSA) is 72.8 Å². The maximum Gasteiger partial charge on any atom is 0.279 e. The highest BCUT2D eigenvalue weighted by Gasteiger charge is 2.23. The fourth-order valence-corrected chi connectivity index (χ4v) is 2.44. The normalized spacial score (nSPS) is 24.6. The second-order valence-electron chi connectivity index (χ2n) is 4.81. The first-order valence-electron chi connectivity index (χ1n) is 6.24. The number of H-pyrrole nitrogens is 1. The van der Waals surface area contributed by atoms with Crippen LogP contribution in [0.1, 0.15) is 38.2 Å². The Morgan fingerprint density at radius 3 is 3.11 bits per heavy atom. The molecule has 3 heterocycles. The van der Waals surface area contributed by atoms with Crippen LogP contribution >= 0.6 is 0 Å². The molecule has 6 nitrogen and oxygen atoms in total. The van der Waals surface area contributed by atoms with E-state index in [1.165, 1.54) is 0 Å². The van der Waals surface area contributed by atoms with Gasteiger partial charge < -0.3 is 9.72 Å². The van der Waals surface area contributed by atoms with Gasteiger partial charge in [-0.2, -0.15) is 0 Å². The molecule has 0 aliphatic carbocycles. The maximum atomic E-state index is 11.7. The predicted molar refractivity (Wildman–Crippen MR) is 66.3 cm³/mol. The van der Waals surface area contributed by atoms with Crippen LogP contribution < -0.4 is 5.56 Å². The number of fused-ring (bicyclic) bond motifs is 1. The van der Waals surface area contributed by atoms with Crippen molar-refractivity contribution < 1.29 is 4.74 Å². The smallest absolute Gasteiger partial charge is 0.279 e. The number of hydrogen-bond donors (Lipinski definition) is 1. The van der Waals surface area contributed by atoms with E-state index in [4.69, 9.17) is 4.74 Å². The highest BCUT2D eigenvalue weighted by atomic mass is 16.5. The molecular formula is C12H16N4O2. The molecular weight excluding hydrogens is 232 g/mol.